The quantitative estimate of drug-likeness (QED) is 0.135. The van der Waals surface area contributed by atoms with E-state index in [4.69, 9.17) is 14.3 Å². The number of ether oxygens (including phenoxy) is 2. The van der Waals surface area contributed by atoms with Crippen molar-refractivity contribution in [1.82, 2.24) is 9.96 Å². The maximum Gasteiger partial charge on any atom is 0.411 e. The molecule has 0 unspecified atom stereocenters. The lowest BCUT2D eigenvalue weighted by atomic mass is 9.80. The molecular weight excluding hydrogens is 677 g/mol. The van der Waals surface area contributed by atoms with Crippen LogP contribution in [0.5, 0.6) is 11.5 Å². The van der Waals surface area contributed by atoms with Gasteiger partial charge >= 0.3 is 6.09 Å². The first-order chi connectivity index (χ1) is 25.0. The van der Waals surface area contributed by atoms with Gasteiger partial charge in [-0.05, 0) is 74.2 Å². The van der Waals surface area contributed by atoms with Crippen LogP contribution in [-0.2, 0) is 29.8 Å². The molecular formula is C42H42N2O7S. The van der Waals surface area contributed by atoms with Crippen molar-refractivity contribution in [3.8, 4) is 11.5 Å². The number of hydroxylamine groups is 2. The Kier molecular flexibility index (Phi) is 10.8. The predicted octanol–water partition coefficient (Wildman–Crippen LogP) is 8.01. The molecule has 1 aliphatic heterocycles. The number of hydrogen-bond donors (Lipinski definition) is 0. The molecule has 0 N–H and O–H groups in total. The summed E-state index contributed by atoms with van der Waals surface area (Å²) in [6.07, 6.45) is -0.486. The molecule has 1 aliphatic rings. The highest BCUT2D eigenvalue weighted by Gasteiger charge is 2.46. The second-order valence-electron chi connectivity index (χ2n) is 13.5. The minimum atomic E-state index is -4.19. The van der Waals surface area contributed by atoms with Gasteiger partial charge in [0.05, 0.1) is 17.2 Å². The van der Waals surface area contributed by atoms with Gasteiger partial charge in [0.25, 0.3) is 5.91 Å². The van der Waals surface area contributed by atoms with Gasteiger partial charge in [0.15, 0.2) is 15.4 Å². The standard InChI is InChI=1S/C42H42N2O7S/c1-41(2,3)50-40(46)43-28-17-29-44(39(45)38(43)31-52(47,48)37-27-16-26-36(30-37)49-35-24-14-7-15-25-35)51-42(32-18-8-4-9-19-32,33-20-10-5-11-21-33)34-22-12-6-13-23-34/h4-16,18-27,30,38H,17,28-29,31H2,1-3H3/t38-/m0/s1. The molecule has 5 aromatic rings. The fraction of sp³-hybridized carbons (Fsp3) is 0.238. The third-order valence-corrected chi connectivity index (χ3v) is 10.3. The Morgan fingerprint density at radius 2 is 1.19 bits per heavy atom. The Labute approximate surface area is 305 Å². The van der Waals surface area contributed by atoms with E-state index < -0.39 is 44.8 Å². The molecule has 1 heterocycles. The van der Waals surface area contributed by atoms with Gasteiger partial charge in [-0.3, -0.25) is 9.69 Å². The van der Waals surface area contributed by atoms with Crippen LogP contribution >= 0.6 is 0 Å². The summed E-state index contributed by atoms with van der Waals surface area (Å²) in [5, 5.41) is 1.23. The lowest BCUT2D eigenvalue weighted by molar-refractivity contribution is -0.223. The van der Waals surface area contributed by atoms with Crippen LogP contribution in [0, 0.1) is 0 Å². The summed E-state index contributed by atoms with van der Waals surface area (Å²) in [4.78, 5) is 36.8. The van der Waals surface area contributed by atoms with Crippen LogP contribution in [0.4, 0.5) is 4.79 Å². The molecule has 6 rings (SSSR count). The van der Waals surface area contributed by atoms with E-state index in [9.17, 15) is 18.0 Å². The second kappa shape index (κ2) is 15.4. The number of rotatable bonds is 10. The van der Waals surface area contributed by atoms with E-state index in [-0.39, 0.29) is 18.0 Å². The van der Waals surface area contributed by atoms with Gasteiger partial charge < -0.3 is 9.47 Å². The van der Waals surface area contributed by atoms with Crippen LogP contribution in [0.1, 0.15) is 43.9 Å². The highest BCUT2D eigenvalue weighted by Crippen LogP contribution is 2.42. The molecule has 1 fully saturated rings. The van der Waals surface area contributed by atoms with Crippen LogP contribution in [0.2, 0.25) is 0 Å². The smallest absolute Gasteiger partial charge is 0.411 e. The average molecular weight is 719 g/mol. The highest BCUT2D eigenvalue weighted by molar-refractivity contribution is 7.91. The van der Waals surface area contributed by atoms with Crippen molar-refractivity contribution in [3.05, 3.63) is 162 Å². The summed E-state index contributed by atoms with van der Waals surface area (Å²) >= 11 is 0. The van der Waals surface area contributed by atoms with Gasteiger partial charge in [0.1, 0.15) is 23.1 Å². The number of hydrogen-bond acceptors (Lipinski definition) is 7. The van der Waals surface area contributed by atoms with E-state index in [0.717, 1.165) is 16.7 Å². The number of carbonyl (C=O) groups excluding carboxylic acids is 2. The first kappa shape index (κ1) is 36.3. The third-order valence-electron chi connectivity index (χ3n) is 8.60. The number of amides is 2. The van der Waals surface area contributed by atoms with E-state index in [1.807, 2.05) is 109 Å². The Bertz CT molecular complexity index is 1970. The summed E-state index contributed by atoms with van der Waals surface area (Å²) in [5.74, 6) is -0.546. The molecule has 5 aromatic carbocycles. The Balaban J connectivity index is 1.41. The van der Waals surface area contributed by atoms with Crippen molar-refractivity contribution in [3.63, 3.8) is 0 Å². The summed E-state index contributed by atoms with van der Waals surface area (Å²) in [6, 6.07) is 42.3. The lowest BCUT2D eigenvalue weighted by Gasteiger charge is -2.40. The van der Waals surface area contributed by atoms with Crippen LogP contribution in [-0.4, -0.2) is 60.9 Å². The van der Waals surface area contributed by atoms with Crippen molar-refractivity contribution < 1.29 is 32.3 Å². The van der Waals surface area contributed by atoms with Gasteiger partial charge in [0, 0.05) is 6.54 Å². The fourth-order valence-corrected chi connectivity index (χ4v) is 7.76. The summed E-state index contributed by atoms with van der Waals surface area (Å²) in [6.45, 7) is 5.31. The van der Waals surface area contributed by atoms with E-state index in [1.165, 1.54) is 22.1 Å². The molecule has 1 atom stereocenters. The topological polar surface area (TPSA) is 102 Å². The van der Waals surface area contributed by atoms with Crippen molar-refractivity contribution in [2.24, 2.45) is 0 Å². The first-order valence-electron chi connectivity index (χ1n) is 17.2. The molecule has 0 aromatic heterocycles. The number of para-hydroxylation sites is 1. The number of benzene rings is 5. The number of sulfone groups is 1. The molecule has 0 aliphatic carbocycles. The minimum Gasteiger partial charge on any atom is -0.457 e. The lowest BCUT2D eigenvalue weighted by Crippen LogP contribution is -2.54. The molecule has 1 saturated heterocycles. The molecule has 268 valence electrons. The van der Waals surface area contributed by atoms with E-state index in [1.54, 1.807) is 45.0 Å². The van der Waals surface area contributed by atoms with Crippen LogP contribution in [0.15, 0.2) is 150 Å². The molecule has 52 heavy (non-hydrogen) atoms. The molecule has 2 amide bonds. The summed E-state index contributed by atoms with van der Waals surface area (Å²) < 4.78 is 40.1. The van der Waals surface area contributed by atoms with E-state index in [0.29, 0.717) is 17.9 Å². The summed E-state index contributed by atoms with van der Waals surface area (Å²) in [7, 11) is -4.19. The van der Waals surface area contributed by atoms with Gasteiger partial charge in [0.2, 0.25) is 0 Å². The zero-order chi connectivity index (χ0) is 36.8. The maximum absolute atomic E-state index is 14.9. The van der Waals surface area contributed by atoms with Crippen molar-refractivity contribution in [1.29, 1.82) is 0 Å². The van der Waals surface area contributed by atoms with Crippen LogP contribution < -0.4 is 4.74 Å². The molecule has 0 radical (unpaired) electrons. The monoisotopic (exact) mass is 718 g/mol. The average Bonchev–Trinajstić information content (AvgIpc) is 3.29. The predicted molar refractivity (Wildman–Crippen MR) is 198 cm³/mol. The van der Waals surface area contributed by atoms with Gasteiger partial charge in [-0.2, -0.15) is 0 Å². The van der Waals surface area contributed by atoms with Gasteiger partial charge in [-0.25, -0.2) is 23.1 Å². The molecule has 0 bridgehead atoms. The summed E-state index contributed by atoms with van der Waals surface area (Å²) in [5.41, 5.74) is 0.0687. The largest absolute Gasteiger partial charge is 0.457 e. The fourth-order valence-electron chi connectivity index (χ4n) is 6.24. The Morgan fingerprint density at radius 1 is 0.692 bits per heavy atom. The molecule has 10 heteroatoms. The molecule has 9 nitrogen and oxygen atoms in total. The van der Waals surface area contributed by atoms with Crippen molar-refractivity contribution >= 4 is 21.8 Å². The molecule has 0 saturated carbocycles. The molecule has 0 spiro atoms. The Morgan fingerprint density at radius 3 is 1.71 bits per heavy atom. The third kappa shape index (κ3) is 8.19. The maximum atomic E-state index is 14.9. The van der Waals surface area contributed by atoms with Crippen LogP contribution in [0.3, 0.4) is 0 Å². The second-order valence-corrected chi connectivity index (χ2v) is 15.6. The van der Waals surface area contributed by atoms with Crippen LogP contribution in [0.25, 0.3) is 0 Å². The Hall–Kier alpha value is -5.45. The number of nitrogens with zero attached hydrogens (tertiary/aromatic N) is 2. The van der Waals surface area contributed by atoms with Crippen molar-refractivity contribution in [2.75, 3.05) is 18.8 Å². The normalized spacial score (nSPS) is 15.5. The minimum absolute atomic E-state index is 0.0539. The highest BCUT2D eigenvalue weighted by atomic mass is 32.2. The van der Waals surface area contributed by atoms with Gasteiger partial charge in [-0.1, -0.05) is 115 Å². The van der Waals surface area contributed by atoms with Gasteiger partial charge in [-0.15, -0.1) is 0 Å². The van der Waals surface area contributed by atoms with E-state index in [2.05, 4.69) is 0 Å². The zero-order valence-electron chi connectivity index (χ0n) is 29.4. The SMILES string of the molecule is CC(C)(C)OC(=O)N1CCCN(OC(c2ccccc2)(c2ccccc2)c2ccccc2)C(=O)[C@@H]1CS(=O)(=O)c1cccc(Oc2ccccc2)c1. The van der Waals surface area contributed by atoms with Crippen molar-refractivity contribution in [2.45, 2.75) is 49.3 Å². The van der Waals surface area contributed by atoms with E-state index >= 15 is 0 Å². The number of carbonyl (C=O) groups is 2. The first-order valence-corrected chi connectivity index (χ1v) is 18.8. The zero-order valence-corrected chi connectivity index (χ0v) is 30.2.